The Morgan fingerprint density at radius 1 is 1.25 bits per heavy atom. The molecule has 1 aromatic heterocycles. The van der Waals surface area contributed by atoms with Crippen LogP contribution in [-0.4, -0.2) is 10.6 Å². The van der Waals surface area contributed by atoms with Crippen LogP contribution in [0.3, 0.4) is 0 Å². The molecule has 0 amide bonds. The number of aryl methyl sites for hydroxylation is 1. The Labute approximate surface area is 121 Å². The first-order chi connectivity index (χ1) is 9.63. The Bertz CT molecular complexity index is 602. The second kappa shape index (κ2) is 6.45. The third kappa shape index (κ3) is 3.12. The third-order valence-corrected chi connectivity index (χ3v) is 3.62. The zero-order valence-corrected chi connectivity index (χ0v) is 12.5. The summed E-state index contributed by atoms with van der Waals surface area (Å²) in [5.41, 5.74) is 5.09. The van der Waals surface area contributed by atoms with E-state index in [2.05, 4.69) is 66.9 Å². The topological polar surface area (TPSA) is 17.0 Å². The van der Waals surface area contributed by atoms with Crippen molar-refractivity contribution in [3.05, 3.63) is 53.3 Å². The fraction of sp³-hybridized carbons (Fsp3) is 0.333. The highest BCUT2D eigenvalue weighted by molar-refractivity contribution is 5.40. The molecule has 2 nitrogen and oxygen atoms in total. The zero-order chi connectivity index (χ0) is 14.5. The highest BCUT2D eigenvalue weighted by Crippen LogP contribution is 2.20. The number of rotatable bonds is 5. The lowest BCUT2D eigenvalue weighted by molar-refractivity contribution is 0.558. The van der Waals surface area contributed by atoms with Gasteiger partial charge in [-0.15, -0.1) is 12.3 Å². The Hall–Kier alpha value is -1.98. The van der Waals surface area contributed by atoms with Gasteiger partial charge in [-0.05, 0) is 44.5 Å². The number of benzene rings is 1. The lowest BCUT2D eigenvalue weighted by Crippen LogP contribution is -2.25. The molecular weight excluding hydrogens is 244 g/mol. The molecule has 0 aliphatic rings. The smallest absolute Gasteiger partial charge is 0.0455 e. The van der Waals surface area contributed by atoms with E-state index in [0.717, 1.165) is 13.0 Å². The van der Waals surface area contributed by atoms with Crippen LogP contribution in [0.1, 0.15) is 30.3 Å². The maximum Gasteiger partial charge on any atom is 0.0455 e. The van der Waals surface area contributed by atoms with E-state index < -0.39 is 0 Å². The molecule has 1 N–H and O–H groups in total. The molecule has 0 radical (unpaired) electrons. The van der Waals surface area contributed by atoms with Crippen LogP contribution in [0, 0.1) is 26.2 Å². The maximum absolute atomic E-state index is 5.34. The maximum atomic E-state index is 5.34. The van der Waals surface area contributed by atoms with E-state index in [0.29, 0.717) is 6.04 Å². The predicted octanol–water partition coefficient (Wildman–Crippen LogP) is 3.60. The molecule has 1 aromatic carbocycles. The molecule has 104 valence electrons. The second-order valence-corrected chi connectivity index (χ2v) is 5.26. The number of nitrogens with one attached hydrogen (secondary N) is 1. The first-order valence-corrected chi connectivity index (χ1v) is 7.03. The van der Waals surface area contributed by atoms with Gasteiger partial charge < -0.3 is 9.88 Å². The molecular formula is C18H22N2. The van der Waals surface area contributed by atoms with Crippen LogP contribution in [-0.2, 0) is 6.54 Å². The van der Waals surface area contributed by atoms with Gasteiger partial charge in [0.1, 0.15) is 0 Å². The van der Waals surface area contributed by atoms with Gasteiger partial charge in [0.25, 0.3) is 0 Å². The van der Waals surface area contributed by atoms with Gasteiger partial charge in [0.15, 0.2) is 0 Å². The van der Waals surface area contributed by atoms with Gasteiger partial charge in [0.05, 0.1) is 0 Å². The van der Waals surface area contributed by atoms with E-state index in [1.807, 2.05) is 6.07 Å². The van der Waals surface area contributed by atoms with Crippen molar-refractivity contribution in [2.75, 3.05) is 0 Å². The molecule has 20 heavy (non-hydrogen) atoms. The summed E-state index contributed by atoms with van der Waals surface area (Å²) >= 11 is 0. The normalized spacial score (nSPS) is 12.1. The van der Waals surface area contributed by atoms with Crippen molar-refractivity contribution in [3.63, 3.8) is 0 Å². The molecule has 1 atom stereocenters. The quantitative estimate of drug-likeness (QED) is 0.818. The Morgan fingerprint density at radius 2 is 1.95 bits per heavy atom. The molecule has 0 saturated heterocycles. The van der Waals surface area contributed by atoms with Crippen LogP contribution in [0.2, 0.25) is 0 Å². The van der Waals surface area contributed by atoms with Crippen molar-refractivity contribution in [1.29, 1.82) is 0 Å². The van der Waals surface area contributed by atoms with Crippen LogP contribution < -0.4 is 5.32 Å². The number of aromatic nitrogens is 1. The van der Waals surface area contributed by atoms with E-state index in [1.54, 1.807) is 0 Å². The average Bonchev–Trinajstić information content (AvgIpc) is 2.72. The first kappa shape index (κ1) is 14.4. The van der Waals surface area contributed by atoms with Crippen molar-refractivity contribution in [2.24, 2.45) is 0 Å². The van der Waals surface area contributed by atoms with Gasteiger partial charge in [0.2, 0.25) is 0 Å². The minimum Gasteiger partial charge on any atom is -0.318 e. The van der Waals surface area contributed by atoms with Crippen molar-refractivity contribution < 1.29 is 0 Å². The van der Waals surface area contributed by atoms with Gasteiger partial charge in [0, 0.05) is 36.1 Å². The van der Waals surface area contributed by atoms with Crippen LogP contribution in [0.15, 0.2) is 36.4 Å². The predicted molar refractivity (Wildman–Crippen MR) is 85.0 cm³/mol. The van der Waals surface area contributed by atoms with Crippen LogP contribution >= 0.6 is 0 Å². The van der Waals surface area contributed by atoms with E-state index in [-0.39, 0.29) is 0 Å². The summed E-state index contributed by atoms with van der Waals surface area (Å²) in [5.74, 6) is 2.69. The van der Waals surface area contributed by atoms with Crippen LogP contribution in [0.5, 0.6) is 0 Å². The highest BCUT2D eigenvalue weighted by Gasteiger charge is 2.10. The van der Waals surface area contributed by atoms with Gasteiger partial charge in [-0.1, -0.05) is 18.2 Å². The van der Waals surface area contributed by atoms with Crippen molar-refractivity contribution in [1.82, 2.24) is 9.88 Å². The van der Waals surface area contributed by atoms with Crippen molar-refractivity contribution in [2.45, 2.75) is 39.8 Å². The van der Waals surface area contributed by atoms with Gasteiger partial charge in [-0.25, -0.2) is 0 Å². The fourth-order valence-electron chi connectivity index (χ4n) is 2.52. The van der Waals surface area contributed by atoms with E-state index in [9.17, 15) is 0 Å². The highest BCUT2D eigenvalue weighted by atomic mass is 15.0. The van der Waals surface area contributed by atoms with Crippen LogP contribution in [0.4, 0.5) is 0 Å². The summed E-state index contributed by atoms with van der Waals surface area (Å²) in [6, 6.07) is 13.1. The molecule has 1 heterocycles. The van der Waals surface area contributed by atoms with Gasteiger partial charge >= 0.3 is 0 Å². The Balaban J connectivity index is 2.20. The Morgan fingerprint density at radius 3 is 2.60 bits per heavy atom. The lowest BCUT2D eigenvalue weighted by atomic mass is 10.2. The minimum absolute atomic E-state index is 0.347. The van der Waals surface area contributed by atoms with E-state index in [4.69, 9.17) is 6.42 Å². The summed E-state index contributed by atoms with van der Waals surface area (Å²) in [5, 5.41) is 3.48. The van der Waals surface area contributed by atoms with Crippen LogP contribution in [0.25, 0.3) is 5.69 Å². The molecule has 2 rings (SSSR count). The molecule has 0 saturated carbocycles. The fourth-order valence-corrected chi connectivity index (χ4v) is 2.52. The summed E-state index contributed by atoms with van der Waals surface area (Å²) in [4.78, 5) is 0. The summed E-state index contributed by atoms with van der Waals surface area (Å²) in [6.07, 6.45) is 6.10. The van der Waals surface area contributed by atoms with E-state index >= 15 is 0 Å². The van der Waals surface area contributed by atoms with Gasteiger partial charge in [-0.3, -0.25) is 0 Å². The SMILES string of the molecule is C#CCC(C)NCc1cc(C)n(-c2ccccc2)c1C. The molecule has 0 spiro atoms. The third-order valence-electron chi connectivity index (χ3n) is 3.62. The lowest BCUT2D eigenvalue weighted by Gasteiger charge is -2.12. The van der Waals surface area contributed by atoms with Gasteiger partial charge in [-0.2, -0.15) is 0 Å². The Kier molecular flexibility index (Phi) is 4.65. The molecule has 0 aliphatic carbocycles. The number of terminal acetylenes is 1. The minimum atomic E-state index is 0.347. The molecule has 0 bridgehead atoms. The number of nitrogens with zero attached hydrogens (tertiary/aromatic N) is 1. The molecule has 1 unspecified atom stereocenters. The number of para-hydroxylation sites is 1. The van der Waals surface area contributed by atoms with E-state index in [1.165, 1.54) is 22.6 Å². The second-order valence-electron chi connectivity index (χ2n) is 5.26. The summed E-state index contributed by atoms with van der Waals surface area (Å²) < 4.78 is 2.29. The summed E-state index contributed by atoms with van der Waals surface area (Å²) in [6.45, 7) is 7.29. The number of hydrogen-bond donors (Lipinski definition) is 1. The molecule has 2 aromatic rings. The average molecular weight is 266 g/mol. The first-order valence-electron chi connectivity index (χ1n) is 7.03. The molecule has 0 aliphatic heterocycles. The summed E-state index contributed by atoms with van der Waals surface area (Å²) in [7, 11) is 0. The zero-order valence-electron chi connectivity index (χ0n) is 12.5. The largest absolute Gasteiger partial charge is 0.318 e. The van der Waals surface area contributed by atoms with Crippen molar-refractivity contribution in [3.8, 4) is 18.0 Å². The monoisotopic (exact) mass is 266 g/mol. The van der Waals surface area contributed by atoms with Crippen molar-refractivity contribution >= 4 is 0 Å². The molecule has 2 heteroatoms. The number of hydrogen-bond acceptors (Lipinski definition) is 1. The molecule has 0 fully saturated rings. The standard InChI is InChI=1S/C18H22N2/c1-5-9-14(2)19-13-17-12-15(3)20(16(17)4)18-10-7-6-8-11-18/h1,6-8,10-12,14,19H,9,13H2,2-4H3.